The topological polar surface area (TPSA) is 8.17 Å². The first-order chi connectivity index (χ1) is 28.8. The Labute approximate surface area is 337 Å². The van der Waals surface area contributed by atoms with E-state index in [4.69, 9.17) is 0 Å². The molecule has 1 aromatic heterocycles. The van der Waals surface area contributed by atoms with Crippen LogP contribution in [0.4, 0.5) is 17.1 Å². The van der Waals surface area contributed by atoms with E-state index in [0.717, 1.165) is 29.9 Å². The van der Waals surface area contributed by atoms with Crippen LogP contribution < -0.4 is 4.90 Å². The molecule has 1 aliphatic carbocycles. The number of hydrogen-bond donors (Lipinski definition) is 0. The lowest BCUT2D eigenvalue weighted by Gasteiger charge is -2.29. The third-order valence-corrected chi connectivity index (χ3v) is 12.3. The monoisotopic (exact) mass is 738 g/mol. The molecular formula is C56H38N2. The Kier molecular flexibility index (Phi) is 7.39. The number of aryl methyl sites for hydroxylation is 1. The number of hydrogen-bond acceptors (Lipinski definition) is 1. The van der Waals surface area contributed by atoms with Gasteiger partial charge in [0.2, 0.25) is 0 Å². The molecule has 0 saturated carbocycles. The van der Waals surface area contributed by atoms with Crippen molar-refractivity contribution in [2.24, 2.45) is 0 Å². The summed E-state index contributed by atoms with van der Waals surface area (Å²) >= 11 is 0. The Hall–Kier alpha value is -7.42. The van der Waals surface area contributed by atoms with E-state index in [1.54, 1.807) is 0 Å². The van der Waals surface area contributed by atoms with Crippen LogP contribution in [0.2, 0.25) is 0 Å². The molecule has 12 rings (SSSR count). The number of anilines is 3. The molecule has 0 N–H and O–H groups in total. The fourth-order valence-electron chi connectivity index (χ4n) is 9.69. The summed E-state index contributed by atoms with van der Waals surface area (Å²) in [6.45, 7) is 0. The molecule has 0 saturated heterocycles. The average molecular weight is 739 g/mol. The molecule has 0 unspecified atom stereocenters. The predicted octanol–water partition coefficient (Wildman–Crippen LogP) is 15.5. The Bertz CT molecular complexity index is 3460. The van der Waals surface area contributed by atoms with Gasteiger partial charge in [0, 0.05) is 33.2 Å². The predicted molar refractivity (Wildman–Crippen MR) is 248 cm³/mol. The molecule has 10 aromatic carbocycles. The van der Waals surface area contributed by atoms with Gasteiger partial charge in [-0.3, -0.25) is 0 Å². The van der Waals surface area contributed by atoms with E-state index in [-0.39, 0.29) is 0 Å². The van der Waals surface area contributed by atoms with Gasteiger partial charge in [-0.25, -0.2) is 0 Å². The van der Waals surface area contributed by atoms with Gasteiger partial charge in [-0.15, -0.1) is 0 Å². The molecule has 2 nitrogen and oxygen atoms in total. The zero-order valence-corrected chi connectivity index (χ0v) is 31.9. The summed E-state index contributed by atoms with van der Waals surface area (Å²) < 4.78 is 2.43. The summed E-state index contributed by atoms with van der Waals surface area (Å²) in [5.74, 6) is 0. The van der Waals surface area contributed by atoms with Crippen LogP contribution in [0.15, 0.2) is 200 Å². The molecule has 0 radical (unpaired) electrons. The van der Waals surface area contributed by atoms with Gasteiger partial charge >= 0.3 is 0 Å². The molecule has 1 heterocycles. The van der Waals surface area contributed by atoms with Crippen molar-refractivity contribution in [2.75, 3.05) is 4.90 Å². The summed E-state index contributed by atoms with van der Waals surface area (Å²) in [5, 5.41) is 12.6. The average Bonchev–Trinajstić information content (AvgIpc) is 3.62. The number of nitrogens with zero attached hydrogens (tertiary/aromatic N) is 2. The van der Waals surface area contributed by atoms with E-state index in [1.807, 2.05) is 0 Å². The lowest BCUT2D eigenvalue weighted by molar-refractivity contribution is 0.989. The highest BCUT2D eigenvalue weighted by Crippen LogP contribution is 2.46. The quantitative estimate of drug-likeness (QED) is 0.160. The van der Waals surface area contributed by atoms with Crippen LogP contribution in [0.25, 0.3) is 87.8 Å². The number of allylic oxidation sites excluding steroid dienone is 1. The second-order valence-electron chi connectivity index (χ2n) is 15.6. The lowest BCUT2D eigenvalue weighted by atomic mass is 9.90. The van der Waals surface area contributed by atoms with Crippen LogP contribution >= 0.6 is 0 Å². The summed E-state index contributed by atoms with van der Waals surface area (Å²) in [7, 11) is 0. The van der Waals surface area contributed by atoms with Gasteiger partial charge in [0.1, 0.15) is 0 Å². The zero-order chi connectivity index (χ0) is 38.2. The maximum absolute atomic E-state index is 2.50. The van der Waals surface area contributed by atoms with Crippen molar-refractivity contribution in [1.29, 1.82) is 0 Å². The van der Waals surface area contributed by atoms with Crippen molar-refractivity contribution < 1.29 is 0 Å². The summed E-state index contributed by atoms with van der Waals surface area (Å²) in [5.41, 5.74) is 12.2. The van der Waals surface area contributed by atoms with Crippen molar-refractivity contribution >= 4 is 88.0 Å². The largest absolute Gasteiger partial charge is 0.310 e. The van der Waals surface area contributed by atoms with Gasteiger partial charge < -0.3 is 9.47 Å². The second-order valence-corrected chi connectivity index (χ2v) is 15.6. The fraction of sp³-hybridized carbons (Fsp3) is 0.0357. The number of benzene rings is 10. The highest BCUT2D eigenvalue weighted by molar-refractivity contribution is 6.19. The molecule has 0 amide bonds. The highest BCUT2D eigenvalue weighted by atomic mass is 15.1. The smallest absolute Gasteiger partial charge is 0.0547 e. The summed E-state index contributed by atoms with van der Waals surface area (Å²) in [6.07, 6.45) is 6.73. The van der Waals surface area contributed by atoms with E-state index < -0.39 is 0 Å². The molecule has 0 aliphatic heterocycles. The molecule has 0 fully saturated rings. The molecule has 11 aromatic rings. The van der Waals surface area contributed by atoms with Crippen LogP contribution in [0.3, 0.4) is 0 Å². The van der Waals surface area contributed by atoms with Crippen molar-refractivity contribution in [3.8, 4) is 16.8 Å². The Balaban J connectivity index is 1.12. The molecule has 0 bridgehead atoms. The van der Waals surface area contributed by atoms with Crippen molar-refractivity contribution in [3.63, 3.8) is 0 Å². The SMILES string of the molecule is C1=Cc2c(cc(N(c3cccc(-c4cccc5c4c4cc6ccccc6cc4n5-c4ccccc4)c3)c3ccc4c(ccc5ccccc54)c3)c3ccccc23)CC1. The fourth-order valence-corrected chi connectivity index (χ4v) is 9.69. The third kappa shape index (κ3) is 5.12. The third-order valence-electron chi connectivity index (χ3n) is 12.3. The minimum Gasteiger partial charge on any atom is -0.310 e. The van der Waals surface area contributed by atoms with Crippen LogP contribution in [0, 0.1) is 0 Å². The number of fused-ring (bicyclic) bond motifs is 10. The lowest BCUT2D eigenvalue weighted by Crippen LogP contribution is -2.12. The van der Waals surface area contributed by atoms with Crippen molar-refractivity contribution in [2.45, 2.75) is 12.8 Å². The Morgan fingerprint density at radius 2 is 1.14 bits per heavy atom. The minimum absolute atomic E-state index is 1.03. The van der Waals surface area contributed by atoms with E-state index in [0.29, 0.717) is 0 Å². The Morgan fingerprint density at radius 3 is 2.02 bits per heavy atom. The maximum Gasteiger partial charge on any atom is 0.0547 e. The molecule has 0 spiro atoms. The van der Waals surface area contributed by atoms with Crippen LogP contribution in [-0.4, -0.2) is 4.57 Å². The second kappa shape index (κ2) is 13.1. The van der Waals surface area contributed by atoms with E-state index >= 15 is 0 Å². The van der Waals surface area contributed by atoms with E-state index in [2.05, 4.69) is 216 Å². The summed E-state index contributed by atoms with van der Waals surface area (Å²) in [4.78, 5) is 2.50. The standard InChI is InChI=1S/C56H38N2/c1-2-19-43(20-3-1)58-53-27-13-26-49(56(53)52-34-38-15-4-5-16-39(38)35-55(52)58)40-18-12-21-44(32-40)57(45-30-31-48-42(33-45)29-28-37-14-6-8-22-46(37)48)54-36-41-17-7-9-23-47(41)50-24-10-11-25-51(50)54/h1-6,8-16,18-36H,7,17H2. The van der Waals surface area contributed by atoms with Crippen LogP contribution in [0.5, 0.6) is 0 Å². The van der Waals surface area contributed by atoms with E-state index in [1.165, 1.54) is 92.8 Å². The molecular weight excluding hydrogens is 701 g/mol. The highest BCUT2D eigenvalue weighted by Gasteiger charge is 2.22. The van der Waals surface area contributed by atoms with Crippen LogP contribution in [0.1, 0.15) is 17.5 Å². The zero-order valence-electron chi connectivity index (χ0n) is 31.9. The Morgan fingerprint density at radius 1 is 0.431 bits per heavy atom. The van der Waals surface area contributed by atoms with E-state index in [9.17, 15) is 0 Å². The van der Waals surface area contributed by atoms with Crippen LogP contribution in [-0.2, 0) is 6.42 Å². The van der Waals surface area contributed by atoms with Gasteiger partial charge in [0.05, 0.1) is 16.7 Å². The number of aromatic nitrogens is 1. The molecule has 0 atom stereocenters. The van der Waals surface area contributed by atoms with Crippen molar-refractivity contribution in [1.82, 2.24) is 4.57 Å². The van der Waals surface area contributed by atoms with Gasteiger partial charge in [-0.2, -0.15) is 0 Å². The van der Waals surface area contributed by atoms with Gasteiger partial charge in [-0.05, 0) is 133 Å². The number of rotatable bonds is 5. The first-order valence-corrected chi connectivity index (χ1v) is 20.3. The minimum atomic E-state index is 1.03. The molecule has 58 heavy (non-hydrogen) atoms. The van der Waals surface area contributed by atoms with Gasteiger partial charge in [0.25, 0.3) is 0 Å². The van der Waals surface area contributed by atoms with Crippen molar-refractivity contribution in [3.05, 3.63) is 211 Å². The molecule has 2 heteroatoms. The maximum atomic E-state index is 2.50. The van der Waals surface area contributed by atoms with Gasteiger partial charge in [0.15, 0.2) is 0 Å². The molecule has 272 valence electrons. The summed E-state index contributed by atoms with van der Waals surface area (Å²) in [6, 6.07) is 71.9. The first kappa shape index (κ1) is 32.8. The van der Waals surface area contributed by atoms with Gasteiger partial charge in [-0.1, -0.05) is 146 Å². The molecule has 1 aliphatic rings. The normalized spacial score (nSPS) is 12.6. The number of para-hydroxylation sites is 1. The first-order valence-electron chi connectivity index (χ1n) is 20.3.